The van der Waals surface area contributed by atoms with E-state index in [1.165, 1.54) is 13.2 Å². The minimum absolute atomic E-state index is 0.0193. The molecule has 0 aliphatic carbocycles. The molecule has 1 N–H and O–H groups in total. The Balaban J connectivity index is 1.46. The number of methoxy groups -OCH3 is 1. The number of ether oxygens (including phenoxy) is 1. The van der Waals surface area contributed by atoms with Crippen molar-refractivity contribution < 1.29 is 27.5 Å². The van der Waals surface area contributed by atoms with Crippen molar-refractivity contribution in [2.45, 2.75) is 44.7 Å². The molecule has 31 heavy (non-hydrogen) atoms. The van der Waals surface area contributed by atoms with Gasteiger partial charge in [-0.15, -0.1) is 15.3 Å². The second kappa shape index (κ2) is 9.92. The first-order valence-electron chi connectivity index (χ1n) is 10.2. The van der Waals surface area contributed by atoms with Crippen molar-refractivity contribution in [2.24, 2.45) is 5.92 Å². The second-order valence-corrected chi connectivity index (χ2v) is 7.42. The molecule has 0 spiro atoms. The van der Waals surface area contributed by atoms with E-state index in [-0.39, 0.29) is 23.4 Å². The number of piperidine rings is 1. The highest BCUT2D eigenvalue weighted by atomic mass is 19.4. The highest BCUT2D eigenvalue weighted by Gasteiger charge is 2.38. The molecule has 0 radical (unpaired) electrons. The van der Waals surface area contributed by atoms with Crippen LogP contribution in [0.25, 0.3) is 5.65 Å². The molecule has 1 fully saturated rings. The number of amides is 1. The first kappa shape index (κ1) is 22.8. The van der Waals surface area contributed by atoms with Gasteiger partial charge >= 0.3 is 12.1 Å². The molecule has 9 nitrogen and oxygen atoms in total. The predicted molar refractivity (Wildman–Crippen MR) is 104 cm³/mol. The number of carbonyl (C=O) groups excluding carboxylic acids is 2. The third-order valence-electron chi connectivity index (χ3n) is 5.28. The molecule has 1 amide bonds. The predicted octanol–water partition coefficient (Wildman–Crippen LogP) is 2.21. The molecule has 2 aromatic heterocycles. The van der Waals surface area contributed by atoms with Crippen molar-refractivity contribution in [1.29, 1.82) is 0 Å². The summed E-state index contributed by atoms with van der Waals surface area (Å²) in [6, 6.07) is 3.06. The SMILES string of the molecule is COC(=O)CCCCCNC(=O)C1CCN(c2ccc3nnc(C(F)(F)F)n3n2)CC1. The van der Waals surface area contributed by atoms with Crippen LogP contribution in [0.2, 0.25) is 0 Å². The molecular weight excluding hydrogens is 417 g/mol. The van der Waals surface area contributed by atoms with Crippen molar-refractivity contribution in [3.8, 4) is 0 Å². The molecular formula is C19H25F3N6O3. The molecule has 1 saturated heterocycles. The van der Waals surface area contributed by atoms with Crippen molar-refractivity contribution in [3.63, 3.8) is 0 Å². The lowest BCUT2D eigenvalue weighted by molar-refractivity contribution is -0.146. The number of carbonyl (C=O) groups is 2. The molecule has 0 unspecified atom stereocenters. The molecule has 0 atom stereocenters. The highest BCUT2D eigenvalue weighted by Crippen LogP contribution is 2.28. The summed E-state index contributed by atoms with van der Waals surface area (Å²) in [5, 5.41) is 13.7. The monoisotopic (exact) mass is 442 g/mol. The van der Waals surface area contributed by atoms with E-state index in [4.69, 9.17) is 0 Å². The number of hydrogen-bond acceptors (Lipinski definition) is 7. The molecule has 1 aliphatic rings. The lowest BCUT2D eigenvalue weighted by Crippen LogP contribution is -2.41. The number of unbranched alkanes of at least 4 members (excludes halogenated alkanes) is 2. The smallest absolute Gasteiger partial charge is 0.453 e. The standard InChI is InChI=1S/C19H25F3N6O3/c1-31-16(29)5-3-2-4-10-23-17(30)13-8-11-27(12-9-13)15-7-6-14-24-25-18(19(20,21)22)28(14)26-15/h6-7,13H,2-5,8-12H2,1H3,(H,23,30). The molecule has 12 heteroatoms. The van der Waals surface area contributed by atoms with Crippen LogP contribution in [-0.4, -0.2) is 58.4 Å². The number of esters is 1. The van der Waals surface area contributed by atoms with E-state index >= 15 is 0 Å². The average molecular weight is 442 g/mol. The van der Waals surface area contributed by atoms with E-state index in [0.717, 1.165) is 19.3 Å². The van der Waals surface area contributed by atoms with Crippen LogP contribution in [0.1, 0.15) is 44.3 Å². The Labute approximate surface area is 176 Å². The van der Waals surface area contributed by atoms with Gasteiger partial charge < -0.3 is 15.0 Å². The van der Waals surface area contributed by atoms with Gasteiger partial charge in [0.1, 0.15) is 5.82 Å². The van der Waals surface area contributed by atoms with Crippen molar-refractivity contribution >= 4 is 23.3 Å². The van der Waals surface area contributed by atoms with E-state index in [1.807, 2.05) is 4.90 Å². The van der Waals surface area contributed by atoms with E-state index in [1.54, 1.807) is 6.07 Å². The summed E-state index contributed by atoms with van der Waals surface area (Å²) in [5.74, 6) is -1.17. The number of halogens is 3. The van der Waals surface area contributed by atoms with Crippen LogP contribution in [0.4, 0.5) is 19.0 Å². The van der Waals surface area contributed by atoms with Crippen molar-refractivity contribution in [1.82, 2.24) is 25.1 Å². The van der Waals surface area contributed by atoms with Gasteiger partial charge in [0.2, 0.25) is 5.91 Å². The maximum atomic E-state index is 13.0. The van der Waals surface area contributed by atoms with E-state index in [0.29, 0.717) is 49.2 Å². The van der Waals surface area contributed by atoms with Gasteiger partial charge in [-0.2, -0.15) is 17.7 Å². The number of hydrogen-bond donors (Lipinski definition) is 1. The topological polar surface area (TPSA) is 102 Å². The fraction of sp³-hybridized carbons (Fsp3) is 0.632. The number of anilines is 1. The third kappa shape index (κ3) is 5.82. The highest BCUT2D eigenvalue weighted by molar-refractivity contribution is 5.78. The summed E-state index contributed by atoms with van der Waals surface area (Å²) in [4.78, 5) is 25.3. The zero-order chi connectivity index (χ0) is 22.4. The zero-order valence-corrected chi connectivity index (χ0v) is 17.2. The van der Waals surface area contributed by atoms with Crippen LogP contribution in [0.3, 0.4) is 0 Å². The maximum absolute atomic E-state index is 13.0. The third-order valence-corrected chi connectivity index (χ3v) is 5.28. The quantitative estimate of drug-likeness (QED) is 0.494. The molecule has 0 saturated carbocycles. The number of fused-ring (bicyclic) bond motifs is 1. The summed E-state index contributed by atoms with van der Waals surface area (Å²) < 4.78 is 44.4. The van der Waals surface area contributed by atoms with Crippen LogP contribution in [0, 0.1) is 5.92 Å². The number of alkyl halides is 3. The van der Waals surface area contributed by atoms with Crippen molar-refractivity contribution in [2.75, 3.05) is 31.6 Å². The minimum Gasteiger partial charge on any atom is -0.469 e. The summed E-state index contributed by atoms with van der Waals surface area (Å²) in [6.07, 6.45) is -0.764. The van der Waals surface area contributed by atoms with Gasteiger partial charge in [0.25, 0.3) is 5.82 Å². The first-order chi connectivity index (χ1) is 14.8. The normalized spacial score (nSPS) is 15.3. The molecule has 3 rings (SSSR count). The Kier molecular flexibility index (Phi) is 7.29. The summed E-state index contributed by atoms with van der Waals surface area (Å²) >= 11 is 0. The van der Waals surface area contributed by atoms with Gasteiger partial charge in [0, 0.05) is 32.0 Å². The molecule has 2 aromatic rings. The van der Waals surface area contributed by atoms with Gasteiger partial charge in [-0.25, -0.2) is 0 Å². The van der Waals surface area contributed by atoms with Crippen LogP contribution >= 0.6 is 0 Å². The van der Waals surface area contributed by atoms with E-state index in [2.05, 4.69) is 25.3 Å². The summed E-state index contributed by atoms with van der Waals surface area (Å²) in [6.45, 7) is 1.57. The average Bonchev–Trinajstić information content (AvgIpc) is 3.19. The molecule has 170 valence electrons. The van der Waals surface area contributed by atoms with Gasteiger partial charge in [-0.1, -0.05) is 6.42 Å². The molecule has 1 aliphatic heterocycles. The largest absolute Gasteiger partial charge is 0.469 e. The van der Waals surface area contributed by atoms with Gasteiger partial charge in [-0.05, 0) is 37.8 Å². The zero-order valence-electron chi connectivity index (χ0n) is 17.2. The number of rotatable bonds is 8. The summed E-state index contributed by atoms with van der Waals surface area (Å²) in [7, 11) is 1.36. The Morgan fingerprint density at radius 3 is 2.58 bits per heavy atom. The Morgan fingerprint density at radius 1 is 1.16 bits per heavy atom. The lowest BCUT2D eigenvalue weighted by atomic mass is 9.96. The number of nitrogens with one attached hydrogen (secondary N) is 1. The molecule has 3 heterocycles. The minimum atomic E-state index is -4.64. The van der Waals surface area contributed by atoms with Crippen molar-refractivity contribution in [3.05, 3.63) is 18.0 Å². The Hall–Kier alpha value is -2.92. The maximum Gasteiger partial charge on any atom is 0.453 e. The van der Waals surface area contributed by atoms with Crippen LogP contribution in [-0.2, 0) is 20.5 Å². The van der Waals surface area contributed by atoms with E-state index < -0.39 is 12.0 Å². The molecule has 0 bridgehead atoms. The Morgan fingerprint density at radius 2 is 1.90 bits per heavy atom. The number of nitrogens with zero attached hydrogens (tertiary/aromatic N) is 5. The van der Waals surface area contributed by atoms with Crippen LogP contribution in [0.5, 0.6) is 0 Å². The first-order valence-corrected chi connectivity index (χ1v) is 10.2. The molecule has 0 aromatic carbocycles. The summed E-state index contributed by atoms with van der Waals surface area (Å²) in [5.41, 5.74) is 0.0249. The number of aromatic nitrogens is 4. The van der Waals surface area contributed by atoms with Gasteiger partial charge in [0.05, 0.1) is 7.11 Å². The van der Waals surface area contributed by atoms with Crippen LogP contribution < -0.4 is 10.2 Å². The van der Waals surface area contributed by atoms with Gasteiger partial charge in [-0.3, -0.25) is 9.59 Å². The fourth-order valence-corrected chi connectivity index (χ4v) is 3.52. The lowest BCUT2D eigenvalue weighted by Gasteiger charge is -2.32. The Bertz CT molecular complexity index is 909. The second-order valence-electron chi connectivity index (χ2n) is 7.42. The van der Waals surface area contributed by atoms with Crippen LogP contribution in [0.15, 0.2) is 12.1 Å². The fourth-order valence-electron chi connectivity index (χ4n) is 3.52. The van der Waals surface area contributed by atoms with Gasteiger partial charge in [0.15, 0.2) is 5.65 Å². The van der Waals surface area contributed by atoms with E-state index in [9.17, 15) is 22.8 Å².